The van der Waals surface area contributed by atoms with Gasteiger partial charge in [0.2, 0.25) is 27.6 Å². The van der Waals surface area contributed by atoms with Crippen LogP contribution in [0.1, 0.15) is 19.7 Å². The van der Waals surface area contributed by atoms with Crippen LogP contribution in [0.5, 0.6) is 5.75 Å². The largest absolute Gasteiger partial charge is 0.494 e. The van der Waals surface area contributed by atoms with Gasteiger partial charge in [0.05, 0.1) is 18.0 Å². The van der Waals surface area contributed by atoms with E-state index in [1.54, 1.807) is 24.3 Å². The third-order valence-corrected chi connectivity index (χ3v) is 5.95. The Morgan fingerprint density at radius 1 is 1.13 bits per heavy atom. The highest BCUT2D eigenvalue weighted by atomic mass is 32.2. The predicted octanol–water partition coefficient (Wildman–Crippen LogP) is 2.91. The molecule has 2 aromatic carbocycles. The lowest BCUT2D eigenvalue weighted by molar-refractivity contribution is -0.114. The summed E-state index contributed by atoms with van der Waals surface area (Å²) in [5.41, 5.74) is 1.24. The molecular weight excluding hydrogens is 408 g/mol. The van der Waals surface area contributed by atoms with Crippen molar-refractivity contribution in [3.63, 3.8) is 0 Å². The standard InChI is InChI=1S/C20H22N4O5S/c1-4-28-17-9-5-15(6-10-17)20-22-19(29-23-20)13-24(3)30(26,27)18-11-7-16(8-12-18)21-14(2)25/h5-12H,4,13H2,1-3H3,(H,21,25). The molecule has 0 radical (unpaired) electrons. The van der Waals surface area contributed by atoms with Crippen molar-refractivity contribution in [2.45, 2.75) is 25.3 Å². The molecule has 9 nitrogen and oxygen atoms in total. The number of sulfonamides is 1. The van der Waals surface area contributed by atoms with Gasteiger partial charge < -0.3 is 14.6 Å². The molecule has 0 aliphatic heterocycles. The van der Waals surface area contributed by atoms with Gasteiger partial charge in [-0.3, -0.25) is 4.79 Å². The number of hydrogen-bond donors (Lipinski definition) is 1. The van der Waals surface area contributed by atoms with E-state index in [1.165, 1.54) is 38.2 Å². The van der Waals surface area contributed by atoms with E-state index in [1.807, 2.05) is 6.92 Å². The van der Waals surface area contributed by atoms with Crippen molar-refractivity contribution in [1.82, 2.24) is 14.4 Å². The molecular formula is C20H22N4O5S. The van der Waals surface area contributed by atoms with Crippen LogP contribution in [0.25, 0.3) is 11.4 Å². The van der Waals surface area contributed by atoms with Crippen LogP contribution in [0.2, 0.25) is 0 Å². The van der Waals surface area contributed by atoms with E-state index < -0.39 is 10.0 Å². The van der Waals surface area contributed by atoms with Gasteiger partial charge in [0.25, 0.3) is 0 Å². The number of benzene rings is 2. The molecule has 10 heteroatoms. The Morgan fingerprint density at radius 3 is 2.40 bits per heavy atom. The van der Waals surface area contributed by atoms with Crippen molar-refractivity contribution in [1.29, 1.82) is 0 Å². The van der Waals surface area contributed by atoms with Crippen molar-refractivity contribution in [3.05, 3.63) is 54.4 Å². The summed E-state index contributed by atoms with van der Waals surface area (Å²) in [5, 5.41) is 6.51. The van der Waals surface area contributed by atoms with Gasteiger partial charge in [-0.1, -0.05) is 5.16 Å². The molecule has 0 aliphatic rings. The second-order valence-corrected chi connectivity index (χ2v) is 8.48. The van der Waals surface area contributed by atoms with E-state index in [-0.39, 0.29) is 23.2 Å². The lowest BCUT2D eigenvalue weighted by Gasteiger charge is -2.15. The molecule has 3 aromatic rings. The lowest BCUT2D eigenvalue weighted by Crippen LogP contribution is -2.26. The second kappa shape index (κ2) is 9.06. The van der Waals surface area contributed by atoms with E-state index in [9.17, 15) is 13.2 Å². The summed E-state index contributed by atoms with van der Waals surface area (Å²) in [7, 11) is -2.35. The number of rotatable bonds is 8. The molecule has 0 bridgehead atoms. The van der Waals surface area contributed by atoms with Crippen LogP contribution in [-0.4, -0.2) is 42.4 Å². The summed E-state index contributed by atoms with van der Waals surface area (Å²) in [5.74, 6) is 1.03. The van der Waals surface area contributed by atoms with Crippen LogP contribution in [-0.2, 0) is 21.4 Å². The number of ether oxygens (including phenoxy) is 1. The molecule has 1 aromatic heterocycles. The van der Waals surface area contributed by atoms with E-state index in [4.69, 9.17) is 9.26 Å². The summed E-state index contributed by atoms with van der Waals surface area (Å²) in [6, 6.07) is 13.1. The van der Waals surface area contributed by atoms with Crippen LogP contribution >= 0.6 is 0 Å². The van der Waals surface area contributed by atoms with Crippen molar-refractivity contribution in [2.75, 3.05) is 19.0 Å². The fourth-order valence-corrected chi connectivity index (χ4v) is 3.79. The van der Waals surface area contributed by atoms with Crippen LogP contribution in [0.4, 0.5) is 5.69 Å². The zero-order valence-electron chi connectivity index (χ0n) is 16.8. The third-order valence-electron chi connectivity index (χ3n) is 4.13. The SMILES string of the molecule is CCOc1ccc(-c2noc(CN(C)S(=O)(=O)c3ccc(NC(C)=O)cc3)n2)cc1. The third kappa shape index (κ3) is 5.02. The average molecular weight is 430 g/mol. The Balaban J connectivity index is 1.70. The highest BCUT2D eigenvalue weighted by Crippen LogP contribution is 2.22. The van der Waals surface area contributed by atoms with Crippen LogP contribution in [0.3, 0.4) is 0 Å². The van der Waals surface area contributed by atoms with Gasteiger partial charge in [-0.2, -0.15) is 9.29 Å². The van der Waals surface area contributed by atoms with Gasteiger partial charge in [0, 0.05) is 25.2 Å². The maximum atomic E-state index is 12.8. The second-order valence-electron chi connectivity index (χ2n) is 6.44. The zero-order chi connectivity index (χ0) is 21.7. The summed E-state index contributed by atoms with van der Waals surface area (Å²) >= 11 is 0. The number of nitrogens with zero attached hydrogens (tertiary/aromatic N) is 3. The summed E-state index contributed by atoms with van der Waals surface area (Å²) in [6.07, 6.45) is 0. The number of amides is 1. The lowest BCUT2D eigenvalue weighted by atomic mass is 10.2. The summed E-state index contributed by atoms with van der Waals surface area (Å²) in [6.45, 7) is 3.77. The molecule has 0 fully saturated rings. The first-order valence-corrected chi connectivity index (χ1v) is 10.6. The van der Waals surface area contributed by atoms with E-state index in [0.717, 1.165) is 15.6 Å². The average Bonchev–Trinajstić information content (AvgIpc) is 3.17. The first-order valence-electron chi connectivity index (χ1n) is 9.19. The zero-order valence-corrected chi connectivity index (χ0v) is 17.6. The van der Waals surface area contributed by atoms with Crippen LogP contribution in [0, 0.1) is 0 Å². The maximum Gasteiger partial charge on any atom is 0.243 e. The predicted molar refractivity (Wildman–Crippen MR) is 110 cm³/mol. The van der Waals surface area contributed by atoms with E-state index >= 15 is 0 Å². The molecule has 0 aliphatic carbocycles. The van der Waals surface area contributed by atoms with Crippen molar-refractivity contribution in [2.24, 2.45) is 0 Å². The number of aromatic nitrogens is 2. The van der Waals surface area contributed by atoms with Gasteiger partial charge in [0.15, 0.2) is 0 Å². The van der Waals surface area contributed by atoms with Crippen LogP contribution in [0.15, 0.2) is 57.9 Å². The minimum Gasteiger partial charge on any atom is -0.494 e. The minimum atomic E-state index is -3.77. The molecule has 0 spiro atoms. The Bertz CT molecular complexity index is 1110. The number of carbonyl (C=O) groups is 1. The summed E-state index contributed by atoms with van der Waals surface area (Å²) < 4.78 is 37.3. The van der Waals surface area contributed by atoms with Gasteiger partial charge in [-0.25, -0.2) is 8.42 Å². The minimum absolute atomic E-state index is 0.0835. The number of anilines is 1. The Kier molecular flexibility index (Phi) is 6.48. The van der Waals surface area contributed by atoms with Crippen molar-refractivity contribution < 1.29 is 22.5 Å². The summed E-state index contributed by atoms with van der Waals surface area (Å²) in [4.78, 5) is 15.5. The van der Waals surface area contributed by atoms with Gasteiger partial charge >= 0.3 is 0 Å². The Labute approximate surface area is 174 Å². The topological polar surface area (TPSA) is 115 Å². The van der Waals surface area contributed by atoms with E-state index in [2.05, 4.69) is 15.5 Å². The highest BCUT2D eigenvalue weighted by molar-refractivity contribution is 7.89. The normalized spacial score (nSPS) is 11.5. The number of nitrogens with one attached hydrogen (secondary N) is 1. The molecule has 1 amide bonds. The fraction of sp³-hybridized carbons (Fsp3) is 0.250. The van der Waals surface area contributed by atoms with E-state index in [0.29, 0.717) is 18.1 Å². The quantitative estimate of drug-likeness (QED) is 0.584. The molecule has 0 saturated carbocycles. The smallest absolute Gasteiger partial charge is 0.243 e. The molecule has 0 saturated heterocycles. The molecule has 0 atom stereocenters. The van der Waals surface area contributed by atoms with Gasteiger partial charge in [0.1, 0.15) is 5.75 Å². The van der Waals surface area contributed by atoms with Crippen molar-refractivity contribution in [3.8, 4) is 17.1 Å². The molecule has 3 rings (SSSR count). The molecule has 1 heterocycles. The highest BCUT2D eigenvalue weighted by Gasteiger charge is 2.23. The molecule has 0 unspecified atom stereocenters. The Hall–Kier alpha value is -3.24. The molecule has 1 N–H and O–H groups in total. The van der Waals surface area contributed by atoms with Gasteiger partial charge in [-0.05, 0) is 55.5 Å². The maximum absolute atomic E-state index is 12.8. The van der Waals surface area contributed by atoms with Gasteiger partial charge in [-0.15, -0.1) is 0 Å². The molecule has 158 valence electrons. The Morgan fingerprint density at radius 2 is 1.80 bits per heavy atom. The first-order chi connectivity index (χ1) is 14.3. The molecule has 30 heavy (non-hydrogen) atoms. The van der Waals surface area contributed by atoms with Crippen molar-refractivity contribution >= 4 is 21.6 Å². The fourth-order valence-electron chi connectivity index (χ4n) is 2.67. The van der Waals surface area contributed by atoms with Crippen LogP contribution < -0.4 is 10.1 Å². The first kappa shape index (κ1) is 21.5. The number of hydrogen-bond acceptors (Lipinski definition) is 7. The monoisotopic (exact) mass is 430 g/mol. The number of carbonyl (C=O) groups excluding carboxylic acids is 1.